The zero-order chi connectivity index (χ0) is 29.1. The predicted octanol–water partition coefficient (Wildman–Crippen LogP) is 8.72. The molecular weight excluding hydrogens is 496 g/mol. The normalized spacial score (nSPS) is 22.1. The first-order chi connectivity index (χ1) is 19.5. The van der Waals surface area contributed by atoms with E-state index in [0.29, 0.717) is 17.9 Å². The quantitative estimate of drug-likeness (QED) is 0.255. The maximum absolute atomic E-state index is 2.59. The third-order valence-corrected chi connectivity index (χ3v) is 9.56. The lowest BCUT2D eigenvalue weighted by Gasteiger charge is -2.29. The van der Waals surface area contributed by atoms with Gasteiger partial charge >= 0.3 is 0 Å². The summed E-state index contributed by atoms with van der Waals surface area (Å²) in [6, 6.07) is 27.6. The first kappa shape index (κ1) is 27.8. The average Bonchev–Trinajstić information content (AvgIpc) is 3.27. The Hall–Kier alpha value is -3.36. The molecule has 41 heavy (non-hydrogen) atoms. The van der Waals surface area contributed by atoms with Crippen molar-refractivity contribution in [2.24, 2.45) is 11.8 Å². The van der Waals surface area contributed by atoms with Crippen molar-refractivity contribution in [3.05, 3.63) is 108 Å². The Morgan fingerprint density at radius 3 is 2.00 bits per heavy atom. The van der Waals surface area contributed by atoms with Crippen LogP contribution in [0.3, 0.4) is 0 Å². The van der Waals surface area contributed by atoms with E-state index in [1.54, 1.807) is 4.90 Å². The minimum Gasteiger partial charge on any atom is -0.344 e. The molecule has 0 fully saturated rings. The molecule has 1 N–H and O–H groups in total. The van der Waals surface area contributed by atoms with Crippen molar-refractivity contribution in [3.8, 4) is 0 Å². The average molecular weight is 544 g/mol. The summed E-state index contributed by atoms with van der Waals surface area (Å²) in [7, 11) is 0. The molecule has 6 rings (SSSR count). The molecule has 2 nitrogen and oxygen atoms in total. The number of quaternary nitrogens is 1. The SMILES string of the molecule is CC(C)CN1C(=CC=CC2[NH+](CC(C)C)c3ccc4ccccc4c3C2(C)C)C(C)(C)c2c1ccc1ccccc21. The highest BCUT2D eigenvalue weighted by Gasteiger charge is 2.49. The molecule has 2 heterocycles. The molecule has 2 aliphatic heterocycles. The molecule has 4 aromatic rings. The summed E-state index contributed by atoms with van der Waals surface area (Å²) < 4.78 is 0. The van der Waals surface area contributed by atoms with E-state index in [2.05, 4.69) is 151 Å². The molecule has 0 aromatic heterocycles. The molecule has 4 aromatic carbocycles. The van der Waals surface area contributed by atoms with Gasteiger partial charge < -0.3 is 4.90 Å². The summed E-state index contributed by atoms with van der Waals surface area (Å²) in [5.74, 6) is 1.18. The van der Waals surface area contributed by atoms with Crippen LogP contribution in [0.2, 0.25) is 0 Å². The largest absolute Gasteiger partial charge is 0.344 e. The fourth-order valence-corrected chi connectivity index (χ4v) is 7.88. The molecule has 0 amide bonds. The Labute approximate surface area is 247 Å². The van der Waals surface area contributed by atoms with E-state index in [0.717, 1.165) is 13.1 Å². The van der Waals surface area contributed by atoms with Gasteiger partial charge in [0.1, 0.15) is 11.7 Å². The number of hydrogen-bond acceptors (Lipinski definition) is 1. The summed E-state index contributed by atoms with van der Waals surface area (Å²) >= 11 is 0. The van der Waals surface area contributed by atoms with Crippen molar-refractivity contribution in [1.29, 1.82) is 0 Å². The zero-order valence-corrected chi connectivity index (χ0v) is 26.3. The Morgan fingerprint density at radius 1 is 0.756 bits per heavy atom. The maximum atomic E-state index is 2.59. The van der Waals surface area contributed by atoms with Gasteiger partial charge in [0, 0.05) is 40.9 Å². The smallest absolute Gasteiger partial charge is 0.136 e. The Morgan fingerprint density at radius 2 is 1.37 bits per heavy atom. The Kier molecular flexibility index (Phi) is 6.90. The van der Waals surface area contributed by atoms with Gasteiger partial charge in [0.05, 0.1) is 12.0 Å². The van der Waals surface area contributed by atoms with Gasteiger partial charge in [0.25, 0.3) is 0 Å². The van der Waals surface area contributed by atoms with Gasteiger partial charge in [-0.1, -0.05) is 102 Å². The van der Waals surface area contributed by atoms with E-state index in [-0.39, 0.29) is 10.8 Å². The van der Waals surface area contributed by atoms with Crippen molar-refractivity contribution in [1.82, 2.24) is 0 Å². The van der Waals surface area contributed by atoms with Crippen LogP contribution in [0.4, 0.5) is 11.4 Å². The van der Waals surface area contributed by atoms with E-state index in [1.807, 2.05) is 0 Å². The van der Waals surface area contributed by atoms with Crippen molar-refractivity contribution < 1.29 is 4.90 Å². The van der Waals surface area contributed by atoms with E-state index >= 15 is 0 Å². The highest BCUT2D eigenvalue weighted by Crippen LogP contribution is 2.51. The number of allylic oxidation sites excluding steroid dienone is 3. The van der Waals surface area contributed by atoms with Gasteiger partial charge in [0.15, 0.2) is 0 Å². The maximum Gasteiger partial charge on any atom is 0.136 e. The minimum atomic E-state index is -0.0791. The van der Waals surface area contributed by atoms with Crippen LogP contribution in [0.1, 0.15) is 66.5 Å². The molecule has 0 saturated heterocycles. The summed E-state index contributed by atoms with van der Waals surface area (Å²) in [4.78, 5) is 4.19. The molecule has 0 aliphatic carbocycles. The minimum absolute atomic E-state index is 0.0252. The molecule has 2 heteroatoms. The fourth-order valence-electron chi connectivity index (χ4n) is 7.88. The molecule has 2 atom stereocenters. The molecule has 0 spiro atoms. The number of hydrogen-bond donors (Lipinski definition) is 1. The number of nitrogens with zero attached hydrogens (tertiary/aromatic N) is 1. The molecule has 0 radical (unpaired) electrons. The molecule has 0 bridgehead atoms. The van der Waals surface area contributed by atoms with Crippen LogP contribution in [0.25, 0.3) is 21.5 Å². The number of nitrogens with one attached hydrogen (secondary N) is 1. The van der Waals surface area contributed by atoms with Crippen LogP contribution in [-0.2, 0) is 10.8 Å². The summed E-state index contributed by atoms with van der Waals surface area (Å²) in [6.07, 6.45) is 7.34. The molecule has 0 saturated carbocycles. The van der Waals surface area contributed by atoms with Gasteiger partial charge in [-0.3, -0.25) is 4.90 Å². The lowest BCUT2D eigenvalue weighted by Crippen LogP contribution is -3.11. The summed E-state index contributed by atoms with van der Waals surface area (Å²) in [5.41, 5.74) is 7.18. The predicted molar refractivity (Wildman–Crippen MR) is 177 cm³/mol. The third kappa shape index (κ3) is 4.52. The second kappa shape index (κ2) is 10.2. The molecule has 2 aliphatic rings. The highest BCUT2D eigenvalue weighted by atomic mass is 15.2. The van der Waals surface area contributed by atoms with Crippen LogP contribution < -0.4 is 9.80 Å². The van der Waals surface area contributed by atoms with Crippen molar-refractivity contribution in [2.75, 3.05) is 18.0 Å². The highest BCUT2D eigenvalue weighted by molar-refractivity contribution is 5.95. The lowest BCUT2D eigenvalue weighted by atomic mass is 9.78. The van der Waals surface area contributed by atoms with Gasteiger partial charge in [-0.2, -0.15) is 0 Å². The van der Waals surface area contributed by atoms with E-state index in [4.69, 9.17) is 0 Å². The van der Waals surface area contributed by atoms with E-state index in [9.17, 15) is 0 Å². The van der Waals surface area contributed by atoms with Crippen LogP contribution in [0.5, 0.6) is 0 Å². The van der Waals surface area contributed by atoms with Crippen LogP contribution in [0.15, 0.2) is 96.7 Å². The summed E-state index contributed by atoms with van der Waals surface area (Å²) in [5, 5.41) is 5.46. The summed E-state index contributed by atoms with van der Waals surface area (Å²) in [6.45, 7) is 21.3. The lowest BCUT2D eigenvalue weighted by molar-refractivity contribution is -0.853. The molecule has 2 unspecified atom stereocenters. The van der Waals surface area contributed by atoms with E-state index in [1.165, 1.54) is 49.7 Å². The number of fused-ring (bicyclic) bond motifs is 6. The number of anilines is 1. The second-order valence-electron chi connectivity index (χ2n) is 14.3. The fraction of sp³-hybridized carbons (Fsp3) is 0.385. The monoisotopic (exact) mass is 543 g/mol. The van der Waals surface area contributed by atoms with Crippen LogP contribution in [0, 0.1) is 11.8 Å². The zero-order valence-electron chi connectivity index (χ0n) is 26.3. The topological polar surface area (TPSA) is 7.68 Å². The van der Waals surface area contributed by atoms with Gasteiger partial charge in [-0.15, -0.1) is 0 Å². The standard InChI is InChI=1S/C39H46N2/c1-26(2)24-40-32-22-20-28-14-9-11-16-30(28)36(32)38(5,6)34(40)18-13-19-35-39(7,8)37-31-17-12-10-15-29(31)21-23-33(37)41(35)25-27(3)4/h9-23,26-27,34H,24-25H2,1-8H3/p+1. The Balaban J connectivity index is 1.44. The number of rotatable bonds is 6. The van der Waals surface area contributed by atoms with Gasteiger partial charge in [-0.25, -0.2) is 0 Å². The van der Waals surface area contributed by atoms with Gasteiger partial charge in [0.2, 0.25) is 0 Å². The second-order valence-corrected chi connectivity index (χ2v) is 14.3. The molecule has 212 valence electrons. The van der Waals surface area contributed by atoms with Crippen molar-refractivity contribution in [2.45, 2.75) is 72.3 Å². The molecular formula is C39H47N2+. The first-order valence-electron chi connectivity index (χ1n) is 15.6. The van der Waals surface area contributed by atoms with Crippen molar-refractivity contribution in [3.63, 3.8) is 0 Å². The first-order valence-corrected chi connectivity index (χ1v) is 15.6. The Bertz CT molecular complexity index is 1670. The third-order valence-electron chi connectivity index (χ3n) is 9.56. The van der Waals surface area contributed by atoms with Crippen LogP contribution >= 0.6 is 0 Å². The van der Waals surface area contributed by atoms with Crippen molar-refractivity contribution >= 4 is 32.9 Å². The van der Waals surface area contributed by atoms with Crippen LogP contribution in [-0.4, -0.2) is 19.1 Å². The van der Waals surface area contributed by atoms with E-state index < -0.39 is 0 Å². The number of benzene rings is 4. The van der Waals surface area contributed by atoms with Gasteiger partial charge in [-0.05, 0) is 71.2 Å².